The summed E-state index contributed by atoms with van der Waals surface area (Å²) in [5.74, 6) is 1.41. The molecule has 0 saturated carbocycles. The Morgan fingerprint density at radius 3 is 2.29 bits per heavy atom. The molecule has 0 bridgehead atoms. The van der Waals surface area contributed by atoms with Gasteiger partial charge in [0.25, 0.3) is 5.91 Å². The van der Waals surface area contributed by atoms with Crippen molar-refractivity contribution in [3.63, 3.8) is 0 Å². The Bertz CT molecular complexity index is 1110. The van der Waals surface area contributed by atoms with E-state index < -0.39 is 0 Å². The standard InChI is InChI=1S/C24H24N6O/c1-17-3-9-21(10-4-17)27-24-26-18(2)15-22(28-24)29-11-13-30(14-12-29)23(31)20-7-5-19(16-25)6-8-20/h3-10,15H,11-14H2,1-2H3,(H,26,27,28). The van der Waals surface area contributed by atoms with Crippen molar-refractivity contribution in [2.45, 2.75) is 13.8 Å². The Hall–Kier alpha value is -3.92. The normalized spacial score (nSPS) is 13.6. The second-order valence-electron chi connectivity index (χ2n) is 7.65. The van der Waals surface area contributed by atoms with Crippen LogP contribution in [-0.2, 0) is 0 Å². The second-order valence-corrected chi connectivity index (χ2v) is 7.65. The van der Waals surface area contributed by atoms with Crippen LogP contribution in [0.3, 0.4) is 0 Å². The molecule has 1 aliphatic rings. The average Bonchev–Trinajstić information content (AvgIpc) is 2.80. The van der Waals surface area contributed by atoms with Crippen molar-refractivity contribution in [2.24, 2.45) is 0 Å². The molecule has 0 spiro atoms. The van der Waals surface area contributed by atoms with Gasteiger partial charge < -0.3 is 15.1 Å². The minimum Gasteiger partial charge on any atom is -0.353 e. The monoisotopic (exact) mass is 412 g/mol. The lowest BCUT2D eigenvalue weighted by Gasteiger charge is -2.35. The number of hydrogen-bond acceptors (Lipinski definition) is 6. The van der Waals surface area contributed by atoms with Crippen molar-refractivity contribution in [3.8, 4) is 6.07 Å². The second kappa shape index (κ2) is 8.84. The van der Waals surface area contributed by atoms with Gasteiger partial charge in [0, 0.05) is 49.2 Å². The van der Waals surface area contributed by atoms with Crippen molar-refractivity contribution >= 4 is 23.4 Å². The van der Waals surface area contributed by atoms with E-state index in [-0.39, 0.29) is 5.91 Å². The van der Waals surface area contributed by atoms with Crippen molar-refractivity contribution in [3.05, 3.63) is 77.0 Å². The maximum Gasteiger partial charge on any atom is 0.253 e. The van der Waals surface area contributed by atoms with Crippen LogP contribution >= 0.6 is 0 Å². The summed E-state index contributed by atoms with van der Waals surface area (Å²) in [6, 6.07) is 18.9. The van der Waals surface area contributed by atoms with Gasteiger partial charge in [-0.1, -0.05) is 17.7 Å². The molecule has 1 amide bonds. The molecule has 31 heavy (non-hydrogen) atoms. The molecule has 7 nitrogen and oxygen atoms in total. The van der Waals surface area contributed by atoms with Gasteiger partial charge in [-0.2, -0.15) is 10.2 Å². The van der Waals surface area contributed by atoms with Gasteiger partial charge in [-0.25, -0.2) is 4.98 Å². The van der Waals surface area contributed by atoms with Gasteiger partial charge in [-0.05, 0) is 50.2 Å². The lowest BCUT2D eigenvalue weighted by atomic mass is 10.1. The van der Waals surface area contributed by atoms with Crippen molar-refractivity contribution in [2.75, 3.05) is 36.4 Å². The maximum absolute atomic E-state index is 12.8. The molecule has 0 atom stereocenters. The number of nitriles is 1. The molecular weight excluding hydrogens is 388 g/mol. The number of hydrogen-bond donors (Lipinski definition) is 1. The smallest absolute Gasteiger partial charge is 0.253 e. The molecule has 1 aromatic heterocycles. The lowest BCUT2D eigenvalue weighted by Crippen LogP contribution is -2.49. The Morgan fingerprint density at radius 1 is 0.968 bits per heavy atom. The summed E-state index contributed by atoms with van der Waals surface area (Å²) in [4.78, 5) is 26.0. The predicted molar refractivity (Wildman–Crippen MR) is 121 cm³/mol. The summed E-state index contributed by atoms with van der Waals surface area (Å²) >= 11 is 0. The number of nitrogens with zero attached hydrogens (tertiary/aromatic N) is 5. The number of rotatable bonds is 4. The maximum atomic E-state index is 12.8. The average molecular weight is 412 g/mol. The molecule has 1 saturated heterocycles. The molecule has 156 valence electrons. The first-order valence-electron chi connectivity index (χ1n) is 10.3. The van der Waals surface area contributed by atoms with Crippen LogP contribution in [0.25, 0.3) is 0 Å². The van der Waals surface area contributed by atoms with Gasteiger partial charge in [0.2, 0.25) is 5.95 Å². The number of aryl methyl sites for hydroxylation is 2. The first-order valence-corrected chi connectivity index (χ1v) is 10.3. The SMILES string of the molecule is Cc1ccc(Nc2nc(C)cc(N3CCN(C(=O)c4ccc(C#N)cc4)CC3)n2)cc1. The summed E-state index contributed by atoms with van der Waals surface area (Å²) in [5, 5.41) is 12.2. The number of piperazine rings is 1. The number of aromatic nitrogens is 2. The molecule has 1 fully saturated rings. The lowest BCUT2D eigenvalue weighted by molar-refractivity contribution is 0.0746. The zero-order valence-electron chi connectivity index (χ0n) is 17.7. The number of nitrogens with one attached hydrogen (secondary N) is 1. The number of benzene rings is 2. The van der Waals surface area contributed by atoms with Crippen molar-refractivity contribution in [1.82, 2.24) is 14.9 Å². The van der Waals surface area contributed by atoms with Crippen LogP contribution in [0.1, 0.15) is 27.2 Å². The molecule has 7 heteroatoms. The zero-order valence-corrected chi connectivity index (χ0v) is 17.7. The molecule has 4 rings (SSSR count). The van der Waals surface area contributed by atoms with Crippen molar-refractivity contribution < 1.29 is 4.79 Å². The van der Waals surface area contributed by atoms with Gasteiger partial charge in [0.05, 0.1) is 11.6 Å². The summed E-state index contributed by atoms with van der Waals surface area (Å²) in [6.07, 6.45) is 0. The minimum atomic E-state index is -0.00950. The third kappa shape index (κ3) is 4.81. The zero-order chi connectivity index (χ0) is 21.8. The van der Waals surface area contributed by atoms with Gasteiger partial charge >= 0.3 is 0 Å². The van der Waals surface area contributed by atoms with Gasteiger partial charge in [0.1, 0.15) is 5.82 Å². The van der Waals surface area contributed by atoms with Gasteiger partial charge in [0.15, 0.2) is 0 Å². The molecule has 0 radical (unpaired) electrons. The summed E-state index contributed by atoms with van der Waals surface area (Å²) < 4.78 is 0. The van der Waals surface area contributed by atoms with Crippen LogP contribution in [0.2, 0.25) is 0 Å². The van der Waals surface area contributed by atoms with E-state index in [1.54, 1.807) is 24.3 Å². The molecule has 2 heterocycles. The third-order valence-corrected chi connectivity index (χ3v) is 5.30. The number of amides is 1. The van der Waals surface area contributed by atoms with E-state index in [0.29, 0.717) is 43.3 Å². The molecule has 0 unspecified atom stereocenters. The van der Waals surface area contributed by atoms with Gasteiger partial charge in [-0.15, -0.1) is 0 Å². The van der Waals surface area contributed by atoms with E-state index >= 15 is 0 Å². The molecule has 0 aliphatic carbocycles. The third-order valence-electron chi connectivity index (χ3n) is 5.30. The fourth-order valence-corrected chi connectivity index (χ4v) is 3.54. The molecule has 2 aromatic carbocycles. The van der Waals surface area contributed by atoms with E-state index in [4.69, 9.17) is 10.2 Å². The fourth-order valence-electron chi connectivity index (χ4n) is 3.54. The van der Waals surface area contributed by atoms with E-state index in [1.165, 1.54) is 5.56 Å². The molecular formula is C24H24N6O. The van der Waals surface area contributed by atoms with Crippen LogP contribution in [-0.4, -0.2) is 47.0 Å². The molecule has 1 aliphatic heterocycles. The van der Waals surface area contributed by atoms with Gasteiger partial charge in [-0.3, -0.25) is 4.79 Å². The van der Waals surface area contributed by atoms with Crippen LogP contribution in [0, 0.1) is 25.2 Å². The first kappa shape index (κ1) is 20.4. The van der Waals surface area contributed by atoms with E-state index in [1.807, 2.05) is 42.2 Å². The first-order chi connectivity index (χ1) is 15.0. The predicted octanol–water partition coefficient (Wildman–Crippen LogP) is 3.67. The molecule has 1 N–H and O–H groups in total. The summed E-state index contributed by atoms with van der Waals surface area (Å²) in [7, 11) is 0. The van der Waals surface area contributed by atoms with E-state index in [2.05, 4.69) is 28.2 Å². The molecule has 3 aromatic rings. The topological polar surface area (TPSA) is 85.2 Å². The van der Waals surface area contributed by atoms with Crippen LogP contribution in [0.15, 0.2) is 54.6 Å². The Kier molecular flexibility index (Phi) is 5.80. The highest BCUT2D eigenvalue weighted by Gasteiger charge is 2.23. The van der Waals surface area contributed by atoms with Crippen molar-refractivity contribution in [1.29, 1.82) is 5.26 Å². The highest BCUT2D eigenvalue weighted by atomic mass is 16.2. The van der Waals surface area contributed by atoms with E-state index in [0.717, 1.165) is 17.2 Å². The number of carbonyl (C=O) groups is 1. The highest BCUT2D eigenvalue weighted by molar-refractivity contribution is 5.94. The minimum absolute atomic E-state index is 0.00950. The number of carbonyl (C=O) groups excluding carboxylic acids is 1. The Labute approximate surface area is 182 Å². The highest BCUT2D eigenvalue weighted by Crippen LogP contribution is 2.20. The van der Waals surface area contributed by atoms with Crippen LogP contribution in [0.5, 0.6) is 0 Å². The number of anilines is 3. The Balaban J connectivity index is 1.42. The fraction of sp³-hybridized carbons (Fsp3) is 0.250. The van der Waals surface area contributed by atoms with Crippen LogP contribution < -0.4 is 10.2 Å². The quantitative estimate of drug-likeness (QED) is 0.704. The summed E-state index contributed by atoms with van der Waals surface area (Å²) in [6.45, 7) is 6.63. The largest absolute Gasteiger partial charge is 0.353 e. The Morgan fingerprint density at radius 2 is 1.65 bits per heavy atom. The summed E-state index contributed by atoms with van der Waals surface area (Å²) in [5.41, 5.74) is 4.19. The van der Waals surface area contributed by atoms with E-state index in [9.17, 15) is 4.79 Å². The van der Waals surface area contributed by atoms with Crippen LogP contribution in [0.4, 0.5) is 17.5 Å².